The molecule has 29 heavy (non-hydrogen) atoms. The predicted octanol–water partition coefficient (Wildman–Crippen LogP) is 3.48. The second-order valence-electron chi connectivity index (χ2n) is 8.67. The second kappa shape index (κ2) is 9.62. The highest BCUT2D eigenvalue weighted by molar-refractivity contribution is 14.0. The molecule has 0 heterocycles. The molecule has 2 unspecified atom stereocenters. The molecule has 0 aliphatic heterocycles. The molecule has 4 rings (SSSR count). The fraction of sp³-hybridized carbons (Fsp3) is 0.636. The Kier molecular flexibility index (Phi) is 7.40. The minimum atomic E-state index is -0.124. The summed E-state index contributed by atoms with van der Waals surface area (Å²) >= 11 is 0. The first-order valence-corrected chi connectivity index (χ1v) is 10.6. The van der Waals surface area contributed by atoms with Crippen molar-refractivity contribution in [2.75, 3.05) is 13.6 Å². The number of guanidine groups is 1. The van der Waals surface area contributed by atoms with E-state index in [2.05, 4.69) is 20.9 Å². The van der Waals surface area contributed by atoms with Gasteiger partial charge in [0.2, 0.25) is 5.91 Å². The third-order valence-electron chi connectivity index (χ3n) is 6.43. The van der Waals surface area contributed by atoms with E-state index in [1.54, 1.807) is 13.1 Å². The number of nitrogens with one attached hydrogen (secondary N) is 3. The van der Waals surface area contributed by atoms with Gasteiger partial charge in [-0.1, -0.05) is 24.6 Å². The summed E-state index contributed by atoms with van der Waals surface area (Å²) in [6.45, 7) is 0.673. The van der Waals surface area contributed by atoms with Gasteiger partial charge in [0.15, 0.2) is 5.96 Å². The molecule has 3 fully saturated rings. The topological polar surface area (TPSA) is 65.5 Å². The third-order valence-corrected chi connectivity index (χ3v) is 6.43. The van der Waals surface area contributed by atoms with Crippen molar-refractivity contribution in [2.45, 2.75) is 68.9 Å². The number of hydrogen-bond acceptors (Lipinski definition) is 2. The summed E-state index contributed by atoms with van der Waals surface area (Å²) < 4.78 is 14.2. The van der Waals surface area contributed by atoms with Crippen LogP contribution < -0.4 is 16.0 Å². The summed E-state index contributed by atoms with van der Waals surface area (Å²) in [6.07, 6.45) is 8.15. The highest BCUT2D eigenvalue weighted by Gasteiger charge is 2.46. The fourth-order valence-electron chi connectivity index (χ4n) is 4.33. The van der Waals surface area contributed by atoms with Crippen LogP contribution in [0.15, 0.2) is 29.3 Å². The van der Waals surface area contributed by atoms with E-state index in [-0.39, 0.29) is 53.1 Å². The highest BCUT2D eigenvalue weighted by Crippen LogP contribution is 2.48. The van der Waals surface area contributed by atoms with Crippen LogP contribution >= 0.6 is 24.0 Å². The van der Waals surface area contributed by atoms with Crippen LogP contribution in [0.2, 0.25) is 0 Å². The zero-order valence-corrected chi connectivity index (χ0v) is 19.4. The summed E-state index contributed by atoms with van der Waals surface area (Å²) in [6, 6.07) is 7.74. The average Bonchev–Trinajstić information content (AvgIpc) is 3.62. The van der Waals surface area contributed by atoms with Crippen LogP contribution in [-0.4, -0.2) is 37.5 Å². The quantitative estimate of drug-likeness (QED) is 0.310. The summed E-state index contributed by atoms with van der Waals surface area (Å²) in [5.41, 5.74) is 0.676. The Morgan fingerprint density at radius 1 is 1.14 bits per heavy atom. The Morgan fingerprint density at radius 3 is 2.55 bits per heavy atom. The Hall–Kier alpha value is -1.38. The average molecular weight is 514 g/mol. The smallest absolute Gasteiger partial charge is 0.223 e. The molecule has 2 atom stereocenters. The minimum absolute atomic E-state index is 0. The van der Waals surface area contributed by atoms with E-state index < -0.39 is 0 Å². The number of benzene rings is 1. The Morgan fingerprint density at radius 2 is 1.90 bits per heavy atom. The van der Waals surface area contributed by atoms with Crippen molar-refractivity contribution < 1.29 is 9.18 Å². The van der Waals surface area contributed by atoms with Gasteiger partial charge in [-0.25, -0.2) is 4.39 Å². The van der Waals surface area contributed by atoms with E-state index >= 15 is 0 Å². The molecule has 0 bridgehead atoms. The van der Waals surface area contributed by atoms with Crippen molar-refractivity contribution in [1.29, 1.82) is 0 Å². The predicted molar refractivity (Wildman–Crippen MR) is 124 cm³/mol. The first-order chi connectivity index (χ1) is 13.6. The van der Waals surface area contributed by atoms with E-state index in [9.17, 15) is 9.18 Å². The molecule has 0 radical (unpaired) electrons. The summed E-state index contributed by atoms with van der Waals surface area (Å²) in [5.74, 6) is 0.934. The maximum absolute atomic E-state index is 14.2. The van der Waals surface area contributed by atoms with Crippen LogP contribution in [0.5, 0.6) is 0 Å². The summed E-state index contributed by atoms with van der Waals surface area (Å²) in [7, 11) is 1.76. The monoisotopic (exact) mass is 514 g/mol. The third kappa shape index (κ3) is 5.61. The molecule has 3 aliphatic rings. The van der Waals surface area contributed by atoms with Gasteiger partial charge in [-0.3, -0.25) is 9.79 Å². The van der Waals surface area contributed by atoms with Crippen molar-refractivity contribution in [1.82, 2.24) is 16.0 Å². The largest absolute Gasteiger partial charge is 0.356 e. The van der Waals surface area contributed by atoms with E-state index in [4.69, 9.17) is 0 Å². The van der Waals surface area contributed by atoms with Crippen LogP contribution in [0.1, 0.15) is 56.9 Å². The van der Waals surface area contributed by atoms with Crippen molar-refractivity contribution in [3.8, 4) is 0 Å². The van der Waals surface area contributed by atoms with E-state index in [0.717, 1.165) is 62.9 Å². The molecule has 160 valence electrons. The first kappa shape index (κ1) is 22.3. The van der Waals surface area contributed by atoms with E-state index in [1.165, 1.54) is 6.07 Å². The highest BCUT2D eigenvalue weighted by atomic mass is 127. The van der Waals surface area contributed by atoms with Crippen molar-refractivity contribution in [3.05, 3.63) is 35.6 Å². The lowest BCUT2D eigenvalue weighted by molar-refractivity contribution is -0.126. The van der Waals surface area contributed by atoms with Gasteiger partial charge in [-0.2, -0.15) is 0 Å². The van der Waals surface area contributed by atoms with Gasteiger partial charge in [0, 0.05) is 37.0 Å². The zero-order valence-electron chi connectivity index (χ0n) is 17.0. The number of amides is 1. The molecule has 3 aliphatic carbocycles. The van der Waals surface area contributed by atoms with Crippen LogP contribution in [0.25, 0.3) is 0 Å². The van der Waals surface area contributed by atoms with E-state index in [0.29, 0.717) is 12.6 Å². The van der Waals surface area contributed by atoms with Crippen molar-refractivity contribution in [3.63, 3.8) is 0 Å². The van der Waals surface area contributed by atoms with Gasteiger partial charge in [0.1, 0.15) is 5.82 Å². The van der Waals surface area contributed by atoms with Crippen molar-refractivity contribution in [2.24, 2.45) is 10.9 Å². The van der Waals surface area contributed by atoms with Gasteiger partial charge < -0.3 is 16.0 Å². The number of nitrogens with zero attached hydrogens (tertiary/aromatic N) is 1. The molecule has 3 N–H and O–H groups in total. The van der Waals surface area contributed by atoms with Gasteiger partial charge in [0.25, 0.3) is 0 Å². The lowest BCUT2D eigenvalue weighted by atomic mass is 9.85. The molecule has 5 nitrogen and oxygen atoms in total. The maximum Gasteiger partial charge on any atom is 0.223 e. The van der Waals surface area contributed by atoms with Gasteiger partial charge in [-0.05, 0) is 56.6 Å². The molecule has 1 amide bonds. The van der Waals surface area contributed by atoms with Crippen molar-refractivity contribution >= 4 is 35.8 Å². The van der Waals surface area contributed by atoms with Gasteiger partial charge >= 0.3 is 0 Å². The van der Waals surface area contributed by atoms with Crippen LogP contribution in [-0.2, 0) is 10.2 Å². The lowest BCUT2D eigenvalue weighted by Gasteiger charge is -2.30. The molecular formula is C22H32FIN4O. The van der Waals surface area contributed by atoms with Crippen LogP contribution in [0.4, 0.5) is 4.39 Å². The van der Waals surface area contributed by atoms with Crippen LogP contribution in [0, 0.1) is 11.7 Å². The second-order valence-corrected chi connectivity index (χ2v) is 8.67. The molecule has 1 aromatic carbocycles. The number of rotatable bonds is 6. The molecule has 0 spiro atoms. The van der Waals surface area contributed by atoms with E-state index in [1.807, 2.05) is 12.1 Å². The Balaban J connectivity index is 0.00000240. The molecule has 0 aromatic heterocycles. The minimum Gasteiger partial charge on any atom is -0.356 e. The standard InChI is InChI=1S/C22H31FN4O.HI/c1-24-21(25-14-22(11-12-22)18-7-2-3-8-19(18)23)27-17-6-4-5-15(13-17)20(28)26-16-9-10-16;/h2-3,7-8,15-17H,4-6,9-14H2,1H3,(H,26,28)(H2,24,25,27);1H. The molecule has 0 saturated heterocycles. The number of hydrogen-bond donors (Lipinski definition) is 3. The van der Waals surface area contributed by atoms with Gasteiger partial charge in [-0.15, -0.1) is 24.0 Å². The number of aliphatic imine (C=N–C) groups is 1. The zero-order chi connectivity index (χ0) is 19.6. The van der Waals surface area contributed by atoms with Crippen LogP contribution in [0.3, 0.4) is 0 Å². The fourth-order valence-corrected chi connectivity index (χ4v) is 4.33. The van der Waals surface area contributed by atoms with Gasteiger partial charge in [0.05, 0.1) is 0 Å². The number of carbonyl (C=O) groups excluding carboxylic acids is 1. The maximum atomic E-state index is 14.2. The summed E-state index contributed by atoms with van der Waals surface area (Å²) in [4.78, 5) is 16.7. The summed E-state index contributed by atoms with van der Waals surface area (Å²) in [5, 5.41) is 10.0. The SMILES string of the molecule is CN=C(NCC1(c2ccccc2F)CC1)NC1CCCC(C(=O)NC2CC2)C1.I. The molecule has 3 saturated carbocycles. The molecule has 7 heteroatoms. The molecular weight excluding hydrogens is 482 g/mol. The Labute approximate surface area is 189 Å². The first-order valence-electron chi connectivity index (χ1n) is 10.6. The number of carbonyl (C=O) groups is 1. The normalized spacial score (nSPS) is 25.5. The molecule has 1 aromatic rings. The lowest BCUT2D eigenvalue weighted by Crippen LogP contribution is -2.48. The number of halogens is 2. The Bertz CT molecular complexity index is 748.